The van der Waals surface area contributed by atoms with Gasteiger partial charge in [-0.05, 0) is 36.1 Å². The first-order valence-corrected chi connectivity index (χ1v) is 8.15. The molecule has 0 bridgehead atoms. The lowest BCUT2D eigenvalue weighted by Gasteiger charge is -2.28. The molecule has 0 saturated carbocycles. The molecule has 1 heterocycles. The van der Waals surface area contributed by atoms with E-state index in [0.717, 1.165) is 50.7 Å². The normalized spacial score (nSPS) is 14.2. The van der Waals surface area contributed by atoms with Gasteiger partial charge in [0.25, 0.3) is 5.91 Å². The highest BCUT2D eigenvalue weighted by Gasteiger charge is 2.15. The number of benzene rings is 2. The van der Waals surface area contributed by atoms with E-state index in [1.807, 2.05) is 0 Å². The topological polar surface area (TPSA) is 32.3 Å². The fraction of sp³-hybridized carbons (Fsp3) is 0.316. The fourth-order valence-electron chi connectivity index (χ4n) is 3.04. The molecular formula is C19H20F2N2O. The summed E-state index contributed by atoms with van der Waals surface area (Å²) in [5.74, 6) is -1.93. The summed E-state index contributed by atoms with van der Waals surface area (Å²) in [6, 6.07) is 11.3. The van der Waals surface area contributed by atoms with Crippen molar-refractivity contribution < 1.29 is 13.6 Å². The largest absolute Gasteiger partial charge is 0.352 e. The van der Waals surface area contributed by atoms with Crippen molar-refractivity contribution in [3.8, 4) is 0 Å². The molecule has 0 radical (unpaired) electrons. The first kappa shape index (κ1) is 16.6. The summed E-state index contributed by atoms with van der Waals surface area (Å²) in [6.07, 6.45) is 1.84. The molecule has 2 aromatic carbocycles. The maximum absolute atomic E-state index is 13.1. The molecule has 0 saturated heterocycles. The highest BCUT2D eigenvalue weighted by Crippen LogP contribution is 2.18. The van der Waals surface area contributed by atoms with E-state index in [2.05, 4.69) is 34.5 Å². The maximum Gasteiger partial charge on any atom is 0.251 e. The van der Waals surface area contributed by atoms with Gasteiger partial charge in [0.05, 0.1) is 0 Å². The summed E-state index contributed by atoms with van der Waals surface area (Å²) in [5.41, 5.74) is 2.79. The smallest absolute Gasteiger partial charge is 0.251 e. The van der Waals surface area contributed by atoms with Crippen LogP contribution in [0.15, 0.2) is 42.5 Å². The molecule has 5 heteroatoms. The summed E-state index contributed by atoms with van der Waals surface area (Å²) >= 11 is 0. The Bertz CT molecular complexity index is 713. The molecule has 0 aromatic heterocycles. The van der Waals surface area contributed by atoms with E-state index in [0.29, 0.717) is 6.54 Å². The zero-order chi connectivity index (χ0) is 16.9. The molecule has 0 spiro atoms. The standard InChI is InChI=1S/C19H20F2N2O/c20-17-10-16(11-18(21)12-17)19(24)22-7-3-8-23-9-6-14-4-1-2-5-15(14)13-23/h1-2,4-5,10-12H,3,6-9,13H2,(H,22,24). The fourth-order valence-corrected chi connectivity index (χ4v) is 3.04. The van der Waals surface area contributed by atoms with E-state index in [-0.39, 0.29) is 5.56 Å². The second-order valence-corrected chi connectivity index (χ2v) is 6.06. The average Bonchev–Trinajstić information content (AvgIpc) is 2.57. The van der Waals surface area contributed by atoms with E-state index >= 15 is 0 Å². The quantitative estimate of drug-likeness (QED) is 0.854. The predicted molar refractivity (Wildman–Crippen MR) is 88.7 cm³/mol. The van der Waals surface area contributed by atoms with Gasteiger partial charge in [-0.15, -0.1) is 0 Å². The Morgan fingerprint density at radius 3 is 2.54 bits per heavy atom. The third-order valence-corrected chi connectivity index (χ3v) is 4.27. The summed E-state index contributed by atoms with van der Waals surface area (Å²) in [5, 5.41) is 2.71. The SMILES string of the molecule is O=C(NCCCN1CCc2ccccc2C1)c1cc(F)cc(F)c1. The molecular weight excluding hydrogens is 310 g/mol. The molecule has 1 amide bonds. The number of fused-ring (bicyclic) bond motifs is 1. The van der Waals surface area contributed by atoms with Gasteiger partial charge in [0.2, 0.25) is 0 Å². The molecule has 1 aliphatic heterocycles. The number of rotatable bonds is 5. The first-order valence-electron chi connectivity index (χ1n) is 8.15. The Labute approximate surface area is 140 Å². The molecule has 3 rings (SSSR count). The van der Waals surface area contributed by atoms with Gasteiger partial charge in [-0.2, -0.15) is 0 Å². The van der Waals surface area contributed by atoms with E-state index in [1.165, 1.54) is 11.1 Å². The van der Waals surface area contributed by atoms with E-state index in [4.69, 9.17) is 0 Å². The van der Waals surface area contributed by atoms with Crippen molar-refractivity contribution in [3.63, 3.8) is 0 Å². The van der Waals surface area contributed by atoms with Crippen LogP contribution in [0.4, 0.5) is 8.78 Å². The highest BCUT2D eigenvalue weighted by molar-refractivity contribution is 5.94. The number of carbonyl (C=O) groups excluding carboxylic acids is 1. The van der Waals surface area contributed by atoms with Crippen LogP contribution in [0.5, 0.6) is 0 Å². The van der Waals surface area contributed by atoms with Crippen molar-refractivity contribution in [2.75, 3.05) is 19.6 Å². The van der Waals surface area contributed by atoms with Crippen LogP contribution >= 0.6 is 0 Å². The number of halogens is 2. The van der Waals surface area contributed by atoms with Crippen LogP contribution in [0, 0.1) is 11.6 Å². The van der Waals surface area contributed by atoms with Gasteiger partial charge in [-0.1, -0.05) is 24.3 Å². The summed E-state index contributed by atoms with van der Waals surface area (Å²) in [7, 11) is 0. The Balaban J connectivity index is 1.43. The van der Waals surface area contributed by atoms with Gasteiger partial charge >= 0.3 is 0 Å². The second-order valence-electron chi connectivity index (χ2n) is 6.06. The van der Waals surface area contributed by atoms with Crippen molar-refractivity contribution >= 4 is 5.91 Å². The number of hydrogen-bond donors (Lipinski definition) is 1. The van der Waals surface area contributed by atoms with E-state index in [9.17, 15) is 13.6 Å². The summed E-state index contributed by atoms with van der Waals surface area (Å²) < 4.78 is 26.2. The molecule has 1 N–H and O–H groups in total. The third kappa shape index (κ3) is 4.17. The van der Waals surface area contributed by atoms with Crippen LogP contribution in [0.25, 0.3) is 0 Å². The molecule has 24 heavy (non-hydrogen) atoms. The Hall–Kier alpha value is -2.27. The average molecular weight is 330 g/mol. The highest BCUT2D eigenvalue weighted by atomic mass is 19.1. The minimum absolute atomic E-state index is 0.0133. The number of hydrogen-bond acceptors (Lipinski definition) is 2. The number of amides is 1. The molecule has 0 atom stereocenters. The van der Waals surface area contributed by atoms with Crippen molar-refractivity contribution in [2.45, 2.75) is 19.4 Å². The predicted octanol–water partition coefficient (Wildman–Crippen LogP) is 3.14. The van der Waals surface area contributed by atoms with Crippen LogP contribution in [-0.4, -0.2) is 30.4 Å². The molecule has 3 nitrogen and oxygen atoms in total. The first-order chi connectivity index (χ1) is 11.6. The zero-order valence-corrected chi connectivity index (χ0v) is 13.4. The van der Waals surface area contributed by atoms with Gasteiger partial charge in [-0.3, -0.25) is 9.69 Å². The van der Waals surface area contributed by atoms with Crippen molar-refractivity contribution in [2.24, 2.45) is 0 Å². The number of nitrogens with zero attached hydrogens (tertiary/aromatic N) is 1. The molecule has 0 fully saturated rings. The monoisotopic (exact) mass is 330 g/mol. The second kappa shape index (κ2) is 7.53. The van der Waals surface area contributed by atoms with Gasteiger partial charge in [0, 0.05) is 37.8 Å². The van der Waals surface area contributed by atoms with Gasteiger partial charge in [0.1, 0.15) is 11.6 Å². The summed E-state index contributed by atoms with van der Waals surface area (Å²) in [6.45, 7) is 3.31. The van der Waals surface area contributed by atoms with Crippen molar-refractivity contribution in [3.05, 3.63) is 70.8 Å². The van der Waals surface area contributed by atoms with E-state index < -0.39 is 17.5 Å². The zero-order valence-electron chi connectivity index (χ0n) is 13.4. The lowest BCUT2D eigenvalue weighted by Crippen LogP contribution is -2.33. The maximum atomic E-state index is 13.1. The van der Waals surface area contributed by atoms with Gasteiger partial charge in [-0.25, -0.2) is 8.78 Å². The van der Waals surface area contributed by atoms with Crippen molar-refractivity contribution in [1.29, 1.82) is 0 Å². The Kier molecular flexibility index (Phi) is 5.20. The molecule has 2 aromatic rings. The van der Waals surface area contributed by atoms with Crippen LogP contribution in [0.3, 0.4) is 0 Å². The van der Waals surface area contributed by atoms with Gasteiger partial charge < -0.3 is 5.32 Å². The van der Waals surface area contributed by atoms with Crippen LogP contribution in [-0.2, 0) is 13.0 Å². The van der Waals surface area contributed by atoms with Crippen LogP contribution in [0.1, 0.15) is 27.9 Å². The number of carbonyl (C=O) groups is 1. The van der Waals surface area contributed by atoms with Gasteiger partial charge in [0.15, 0.2) is 0 Å². The van der Waals surface area contributed by atoms with Crippen molar-refractivity contribution in [1.82, 2.24) is 10.2 Å². The minimum atomic E-state index is -0.743. The third-order valence-electron chi connectivity index (χ3n) is 4.27. The van der Waals surface area contributed by atoms with Crippen LogP contribution < -0.4 is 5.32 Å². The molecule has 1 aliphatic rings. The Morgan fingerprint density at radius 2 is 1.79 bits per heavy atom. The molecule has 126 valence electrons. The molecule has 0 unspecified atom stereocenters. The summed E-state index contributed by atoms with van der Waals surface area (Å²) in [4.78, 5) is 14.3. The molecule has 0 aliphatic carbocycles. The Morgan fingerprint density at radius 1 is 1.08 bits per heavy atom. The van der Waals surface area contributed by atoms with E-state index in [1.54, 1.807) is 0 Å². The van der Waals surface area contributed by atoms with Crippen LogP contribution in [0.2, 0.25) is 0 Å². The number of nitrogens with one attached hydrogen (secondary N) is 1. The minimum Gasteiger partial charge on any atom is -0.352 e. The lowest BCUT2D eigenvalue weighted by molar-refractivity contribution is 0.0950. The lowest BCUT2D eigenvalue weighted by atomic mass is 10.00.